The Labute approximate surface area is 132 Å². The minimum atomic E-state index is 0.352. The molecule has 3 aromatic heterocycles. The van der Waals surface area contributed by atoms with Crippen molar-refractivity contribution in [1.29, 1.82) is 0 Å². The Balaban J connectivity index is 1.61. The van der Waals surface area contributed by atoms with E-state index in [1.807, 2.05) is 10.7 Å². The highest BCUT2D eigenvalue weighted by Crippen LogP contribution is 2.43. The Morgan fingerprint density at radius 3 is 2.78 bits per heavy atom. The molecule has 7 nitrogen and oxygen atoms in total. The zero-order valence-corrected chi connectivity index (χ0v) is 12.5. The van der Waals surface area contributed by atoms with Gasteiger partial charge >= 0.3 is 0 Å². The van der Waals surface area contributed by atoms with E-state index in [4.69, 9.17) is 10.5 Å². The van der Waals surface area contributed by atoms with Crippen molar-refractivity contribution in [2.24, 2.45) is 0 Å². The predicted molar refractivity (Wildman–Crippen MR) is 84.3 cm³/mol. The van der Waals surface area contributed by atoms with Crippen LogP contribution < -0.4 is 10.5 Å². The number of aromatic nitrogens is 5. The SMILES string of the molecule is Nc1ncnc2nn(C3CC3)c(Oc3cc(C4CC4)ccn3)c12. The predicted octanol–water partition coefficient (Wildman–Crippen LogP) is 2.81. The zero-order chi connectivity index (χ0) is 15.4. The van der Waals surface area contributed by atoms with E-state index in [2.05, 4.69) is 26.1 Å². The fourth-order valence-electron chi connectivity index (χ4n) is 2.85. The Hall–Kier alpha value is -2.70. The minimum Gasteiger partial charge on any atom is -0.420 e. The van der Waals surface area contributed by atoms with Crippen LogP contribution in [0.15, 0.2) is 24.7 Å². The normalized spacial score (nSPS) is 17.6. The number of rotatable bonds is 4. The molecule has 2 saturated carbocycles. The first-order valence-electron chi connectivity index (χ1n) is 7.92. The molecule has 0 aromatic carbocycles. The van der Waals surface area contributed by atoms with Crippen molar-refractivity contribution in [3.05, 3.63) is 30.2 Å². The van der Waals surface area contributed by atoms with Crippen LogP contribution in [0.2, 0.25) is 0 Å². The second-order valence-corrected chi connectivity index (χ2v) is 6.24. The van der Waals surface area contributed by atoms with Gasteiger partial charge in [0, 0.05) is 12.3 Å². The molecule has 0 bridgehead atoms. The number of nitrogen functional groups attached to an aromatic ring is 1. The fourth-order valence-corrected chi connectivity index (χ4v) is 2.85. The fraction of sp³-hybridized carbons (Fsp3) is 0.375. The summed E-state index contributed by atoms with van der Waals surface area (Å²) in [6.07, 6.45) is 7.89. The lowest BCUT2D eigenvalue weighted by Gasteiger charge is -2.09. The summed E-state index contributed by atoms with van der Waals surface area (Å²) in [5.74, 6) is 2.21. The van der Waals surface area contributed by atoms with Gasteiger partial charge in [0.25, 0.3) is 0 Å². The molecular weight excluding hydrogens is 292 g/mol. The van der Waals surface area contributed by atoms with E-state index in [-0.39, 0.29) is 0 Å². The Kier molecular flexibility index (Phi) is 2.59. The maximum Gasteiger partial charge on any atom is 0.233 e. The highest BCUT2D eigenvalue weighted by atomic mass is 16.5. The number of pyridine rings is 1. The lowest BCUT2D eigenvalue weighted by atomic mass is 10.2. The van der Waals surface area contributed by atoms with Crippen LogP contribution in [-0.2, 0) is 0 Å². The van der Waals surface area contributed by atoms with E-state index in [1.165, 1.54) is 24.7 Å². The molecule has 2 N–H and O–H groups in total. The summed E-state index contributed by atoms with van der Waals surface area (Å²) in [4.78, 5) is 12.6. The number of fused-ring (bicyclic) bond motifs is 1. The summed E-state index contributed by atoms with van der Waals surface area (Å²) in [5, 5.41) is 5.20. The summed E-state index contributed by atoms with van der Waals surface area (Å²) in [5.41, 5.74) is 7.87. The molecule has 23 heavy (non-hydrogen) atoms. The van der Waals surface area contributed by atoms with Crippen molar-refractivity contribution >= 4 is 16.9 Å². The van der Waals surface area contributed by atoms with Gasteiger partial charge in [-0.25, -0.2) is 19.6 Å². The first-order valence-corrected chi connectivity index (χ1v) is 7.92. The van der Waals surface area contributed by atoms with Crippen LogP contribution in [0.3, 0.4) is 0 Å². The number of ether oxygens (including phenoxy) is 1. The molecule has 2 aliphatic carbocycles. The van der Waals surface area contributed by atoms with E-state index in [9.17, 15) is 0 Å². The Morgan fingerprint density at radius 2 is 2.00 bits per heavy atom. The number of anilines is 1. The third-order valence-electron chi connectivity index (χ3n) is 4.38. The lowest BCUT2D eigenvalue weighted by molar-refractivity contribution is 0.404. The maximum absolute atomic E-state index is 6.09. The van der Waals surface area contributed by atoms with Crippen LogP contribution in [0.4, 0.5) is 5.82 Å². The molecule has 0 atom stereocenters. The van der Waals surface area contributed by atoms with Crippen molar-refractivity contribution in [2.75, 3.05) is 5.73 Å². The average Bonchev–Trinajstić information content (AvgIpc) is 3.46. The lowest BCUT2D eigenvalue weighted by Crippen LogP contribution is -2.01. The van der Waals surface area contributed by atoms with Crippen LogP contribution in [0.1, 0.15) is 43.2 Å². The molecule has 7 heteroatoms. The molecule has 2 fully saturated rings. The standard InChI is InChI=1S/C16H16N6O/c17-14-13-15(20-8-19-14)21-22(11-3-4-11)16(13)23-12-7-10(5-6-18-12)9-1-2-9/h5-9,11H,1-4H2,(H2,17,19,20,21). The summed E-state index contributed by atoms with van der Waals surface area (Å²) >= 11 is 0. The molecule has 116 valence electrons. The van der Waals surface area contributed by atoms with Gasteiger partial charge in [-0.15, -0.1) is 5.10 Å². The Morgan fingerprint density at radius 1 is 1.13 bits per heavy atom. The second-order valence-electron chi connectivity index (χ2n) is 6.24. The molecule has 0 radical (unpaired) electrons. The van der Waals surface area contributed by atoms with Gasteiger partial charge in [-0.2, -0.15) is 0 Å². The third-order valence-corrected chi connectivity index (χ3v) is 4.38. The van der Waals surface area contributed by atoms with Crippen LogP contribution >= 0.6 is 0 Å². The summed E-state index contributed by atoms with van der Waals surface area (Å²) in [6, 6.07) is 4.41. The van der Waals surface area contributed by atoms with Crippen LogP contribution in [-0.4, -0.2) is 24.7 Å². The van der Waals surface area contributed by atoms with Crippen molar-refractivity contribution in [1.82, 2.24) is 24.7 Å². The van der Waals surface area contributed by atoms with Gasteiger partial charge in [-0.1, -0.05) is 0 Å². The quantitative estimate of drug-likeness (QED) is 0.796. The average molecular weight is 308 g/mol. The molecule has 0 unspecified atom stereocenters. The number of nitrogens with zero attached hydrogens (tertiary/aromatic N) is 5. The summed E-state index contributed by atoms with van der Waals surface area (Å²) < 4.78 is 7.97. The smallest absolute Gasteiger partial charge is 0.233 e. The highest BCUT2D eigenvalue weighted by molar-refractivity contribution is 5.90. The first-order chi connectivity index (χ1) is 11.3. The van der Waals surface area contributed by atoms with Gasteiger partial charge in [0.05, 0.1) is 6.04 Å². The van der Waals surface area contributed by atoms with Crippen LogP contribution in [0, 0.1) is 0 Å². The zero-order valence-electron chi connectivity index (χ0n) is 12.5. The van der Waals surface area contributed by atoms with Gasteiger partial charge in [-0.05, 0) is 43.2 Å². The minimum absolute atomic E-state index is 0.352. The molecule has 5 rings (SSSR count). The summed E-state index contributed by atoms with van der Waals surface area (Å²) in [7, 11) is 0. The van der Waals surface area contributed by atoms with E-state index >= 15 is 0 Å². The largest absolute Gasteiger partial charge is 0.420 e. The van der Waals surface area contributed by atoms with Gasteiger partial charge in [0.1, 0.15) is 17.5 Å². The third kappa shape index (κ3) is 2.19. The van der Waals surface area contributed by atoms with Gasteiger partial charge < -0.3 is 10.5 Å². The summed E-state index contributed by atoms with van der Waals surface area (Å²) in [6.45, 7) is 0. The maximum atomic E-state index is 6.09. The molecular formula is C16H16N6O. The van der Waals surface area contributed by atoms with Gasteiger partial charge in [0.2, 0.25) is 11.8 Å². The topological polar surface area (TPSA) is 91.7 Å². The van der Waals surface area contributed by atoms with E-state index in [1.54, 1.807) is 6.20 Å². The van der Waals surface area contributed by atoms with Crippen LogP contribution in [0.25, 0.3) is 11.0 Å². The van der Waals surface area contributed by atoms with Crippen molar-refractivity contribution < 1.29 is 4.74 Å². The number of hydrogen-bond donors (Lipinski definition) is 1. The monoisotopic (exact) mass is 308 g/mol. The van der Waals surface area contributed by atoms with Gasteiger partial charge in [-0.3, -0.25) is 0 Å². The molecule has 2 aliphatic rings. The van der Waals surface area contributed by atoms with Crippen molar-refractivity contribution in [3.63, 3.8) is 0 Å². The molecule has 3 heterocycles. The van der Waals surface area contributed by atoms with Crippen LogP contribution in [0.5, 0.6) is 11.8 Å². The highest BCUT2D eigenvalue weighted by Gasteiger charge is 2.31. The van der Waals surface area contributed by atoms with Crippen molar-refractivity contribution in [2.45, 2.75) is 37.6 Å². The Bertz CT molecular complexity index is 897. The first kappa shape index (κ1) is 12.8. The second kappa shape index (κ2) is 4.65. The molecule has 0 amide bonds. The number of hydrogen-bond acceptors (Lipinski definition) is 6. The molecule has 3 aromatic rings. The molecule has 0 spiro atoms. The van der Waals surface area contributed by atoms with Gasteiger partial charge in [0.15, 0.2) is 5.65 Å². The molecule has 0 saturated heterocycles. The van der Waals surface area contributed by atoms with Crippen molar-refractivity contribution in [3.8, 4) is 11.8 Å². The molecule has 0 aliphatic heterocycles. The van der Waals surface area contributed by atoms with E-state index < -0.39 is 0 Å². The van der Waals surface area contributed by atoms with E-state index in [0.29, 0.717) is 40.6 Å². The van der Waals surface area contributed by atoms with E-state index in [0.717, 1.165) is 12.8 Å². The number of nitrogens with two attached hydrogens (primary N) is 1.